The third-order valence-electron chi connectivity index (χ3n) is 2.49. The van der Waals surface area contributed by atoms with Gasteiger partial charge in [-0.15, -0.1) is 0 Å². The van der Waals surface area contributed by atoms with E-state index in [0.717, 1.165) is 0 Å². The number of carbonyl (C=O) groups is 2. The number of amides is 1. The van der Waals surface area contributed by atoms with Crippen LogP contribution in [0.3, 0.4) is 0 Å². The first-order valence-corrected chi connectivity index (χ1v) is 5.89. The first kappa shape index (κ1) is 14.9. The highest BCUT2D eigenvalue weighted by Gasteiger charge is 2.18. The van der Waals surface area contributed by atoms with E-state index in [1.54, 1.807) is 6.92 Å². The number of hydrogen-bond acceptors (Lipinski definition) is 3. The van der Waals surface area contributed by atoms with Gasteiger partial charge in [0.1, 0.15) is 0 Å². The van der Waals surface area contributed by atoms with Gasteiger partial charge in [-0.2, -0.15) is 0 Å². The van der Waals surface area contributed by atoms with Crippen LogP contribution in [0.2, 0.25) is 0 Å². The van der Waals surface area contributed by atoms with Crippen LogP contribution in [0.1, 0.15) is 24.2 Å². The molecule has 2 N–H and O–H groups in total. The highest BCUT2D eigenvalue weighted by Crippen LogP contribution is 2.22. The van der Waals surface area contributed by atoms with Crippen molar-refractivity contribution in [1.82, 2.24) is 5.32 Å². The van der Waals surface area contributed by atoms with E-state index in [1.807, 2.05) is 0 Å². The van der Waals surface area contributed by atoms with Gasteiger partial charge in [0.2, 0.25) is 0 Å². The number of hydrogen-bond donors (Lipinski definition) is 2. The van der Waals surface area contributed by atoms with Crippen LogP contribution in [-0.2, 0) is 4.79 Å². The zero-order chi connectivity index (χ0) is 14.4. The lowest BCUT2D eigenvalue weighted by Crippen LogP contribution is -2.31. The minimum absolute atomic E-state index is 0.0315. The Morgan fingerprint density at radius 3 is 2.74 bits per heavy atom. The first-order valence-electron chi connectivity index (χ1n) is 5.89. The number of nitrogens with one attached hydrogen (secondary N) is 1. The van der Waals surface area contributed by atoms with Crippen molar-refractivity contribution < 1.29 is 23.8 Å². The number of benzene rings is 1. The van der Waals surface area contributed by atoms with Crippen molar-refractivity contribution in [2.45, 2.75) is 13.8 Å². The number of halogens is 1. The molecule has 1 rings (SSSR count). The van der Waals surface area contributed by atoms with E-state index in [4.69, 9.17) is 9.84 Å². The van der Waals surface area contributed by atoms with Gasteiger partial charge in [-0.25, -0.2) is 4.39 Å². The molecule has 0 heterocycles. The molecule has 19 heavy (non-hydrogen) atoms. The fourth-order valence-electron chi connectivity index (χ4n) is 1.41. The Morgan fingerprint density at radius 2 is 2.16 bits per heavy atom. The van der Waals surface area contributed by atoms with E-state index in [-0.39, 0.29) is 24.5 Å². The number of rotatable bonds is 6. The summed E-state index contributed by atoms with van der Waals surface area (Å²) in [7, 11) is 0. The minimum Gasteiger partial charge on any atom is -0.490 e. The summed E-state index contributed by atoms with van der Waals surface area (Å²) in [5, 5.41) is 11.2. The number of carbonyl (C=O) groups excluding carboxylic acids is 1. The van der Waals surface area contributed by atoms with Gasteiger partial charge in [0, 0.05) is 6.54 Å². The zero-order valence-corrected chi connectivity index (χ0v) is 10.8. The molecule has 0 bridgehead atoms. The van der Waals surface area contributed by atoms with Crippen molar-refractivity contribution in [3.05, 3.63) is 29.6 Å². The topological polar surface area (TPSA) is 75.6 Å². The Morgan fingerprint density at radius 1 is 1.47 bits per heavy atom. The second-order valence-corrected chi connectivity index (χ2v) is 4.00. The van der Waals surface area contributed by atoms with Gasteiger partial charge in [-0.05, 0) is 19.1 Å². The predicted molar refractivity (Wildman–Crippen MR) is 66.7 cm³/mol. The molecule has 1 unspecified atom stereocenters. The molecule has 104 valence electrons. The summed E-state index contributed by atoms with van der Waals surface area (Å²) in [6.07, 6.45) is 0. The number of aliphatic carboxylic acids is 1. The van der Waals surface area contributed by atoms with E-state index < -0.39 is 23.6 Å². The second kappa shape index (κ2) is 6.72. The SMILES string of the molecule is CCOc1c(F)cccc1C(=O)NCC(C)C(=O)O. The summed E-state index contributed by atoms with van der Waals surface area (Å²) in [6.45, 7) is 3.35. The summed E-state index contributed by atoms with van der Waals surface area (Å²) >= 11 is 0. The summed E-state index contributed by atoms with van der Waals surface area (Å²) in [5.41, 5.74) is 0.0550. The standard InChI is InChI=1S/C13H16FNO4/c1-3-19-11-9(5-4-6-10(11)14)12(16)15-7-8(2)13(17)18/h4-6,8H,3,7H2,1-2H3,(H,15,16)(H,17,18). The number of carboxylic acids is 1. The maximum absolute atomic E-state index is 13.5. The average molecular weight is 269 g/mol. The van der Waals surface area contributed by atoms with E-state index in [1.165, 1.54) is 25.1 Å². The monoisotopic (exact) mass is 269 g/mol. The van der Waals surface area contributed by atoms with Crippen LogP contribution in [0, 0.1) is 11.7 Å². The van der Waals surface area contributed by atoms with Crippen molar-refractivity contribution in [3.8, 4) is 5.75 Å². The van der Waals surface area contributed by atoms with Crippen LogP contribution in [0.15, 0.2) is 18.2 Å². The van der Waals surface area contributed by atoms with Crippen molar-refractivity contribution in [3.63, 3.8) is 0 Å². The van der Waals surface area contributed by atoms with Gasteiger partial charge in [0.25, 0.3) is 5.91 Å². The average Bonchev–Trinajstić information content (AvgIpc) is 2.37. The van der Waals surface area contributed by atoms with Crippen LogP contribution >= 0.6 is 0 Å². The summed E-state index contributed by atoms with van der Waals surface area (Å²) in [6, 6.07) is 4.02. The highest BCUT2D eigenvalue weighted by molar-refractivity contribution is 5.97. The number of ether oxygens (including phenoxy) is 1. The molecule has 1 amide bonds. The lowest BCUT2D eigenvalue weighted by Gasteiger charge is -2.12. The van der Waals surface area contributed by atoms with Crippen LogP contribution in [-0.4, -0.2) is 30.1 Å². The van der Waals surface area contributed by atoms with Crippen molar-refractivity contribution in [2.24, 2.45) is 5.92 Å². The minimum atomic E-state index is -1.01. The van der Waals surface area contributed by atoms with Gasteiger partial charge < -0.3 is 15.2 Å². The van der Waals surface area contributed by atoms with Crippen molar-refractivity contribution >= 4 is 11.9 Å². The Balaban J connectivity index is 2.82. The molecule has 0 aromatic heterocycles. The predicted octanol–water partition coefficient (Wildman–Crippen LogP) is 1.67. The fourth-order valence-corrected chi connectivity index (χ4v) is 1.41. The molecule has 1 aromatic rings. The smallest absolute Gasteiger partial charge is 0.308 e. The molecular formula is C13H16FNO4. The Labute approximate surface area is 110 Å². The van der Waals surface area contributed by atoms with E-state index in [9.17, 15) is 14.0 Å². The molecule has 0 aliphatic heterocycles. The van der Waals surface area contributed by atoms with Crippen molar-refractivity contribution in [1.29, 1.82) is 0 Å². The molecule has 1 aromatic carbocycles. The van der Waals surface area contributed by atoms with Crippen LogP contribution in [0.25, 0.3) is 0 Å². The van der Waals surface area contributed by atoms with E-state index >= 15 is 0 Å². The largest absolute Gasteiger partial charge is 0.490 e. The molecule has 0 fully saturated rings. The zero-order valence-electron chi connectivity index (χ0n) is 10.8. The lowest BCUT2D eigenvalue weighted by atomic mass is 10.1. The maximum Gasteiger partial charge on any atom is 0.308 e. The summed E-state index contributed by atoms with van der Waals surface area (Å²) < 4.78 is 18.6. The quantitative estimate of drug-likeness (QED) is 0.823. The van der Waals surface area contributed by atoms with Crippen LogP contribution < -0.4 is 10.1 Å². The van der Waals surface area contributed by atoms with Gasteiger partial charge in [-0.3, -0.25) is 9.59 Å². The molecule has 0 spiro atoms. The number of para-hydroxylation sites is 1. The van der Waals surface area contributed by atoms with Crippen LogP contribution in [0.4, 0.5) is 4.39 Å². The molecular weight excluding hydrogens is 253 g/mol. The van der Waals surface area contributed by atoms with Crippen LogP contribution in [0.5, 0.6) is 5.75 Å². The Kier molecular flexibility index (Phi) is 5.29. The fraction of sp³-hybridized carbons (Fsp3) is 0.385. The van der Waals surface area contributed by atoms with Crippen molar-refractivity contribution in [2.75, 3.05) is 13.2 Å². The van der Waals surface area contributed by atoms with Gasteiger partial charge in [0.05, 0.1) is 18.1 Å². The molecule has 0 saturated carbocycles. The maximum atomic E-state index is 13.5. The molecule has 0 radical (unpaired) electrons. The van der Waals surface area contributed by atoms with Gasteiger partial charge in [-0.1, -0.05) is 13.0 Å². The molecule has 0 aliphatic carbocycles. The van der Waals surface area contributed by atoms with Gasteiger partial charge >= 0.3 is 5.97 Å². The third-order valence-corrected chi connectivity index (χ3v) is 2.49. The third kappa shape index (κ3) is 3.94. The summed E-state index contributed by atoms with van der Waals surface area (Å²) in [4.78, 5) is 22.5. The Bertz CT molecular complexity index is 476. The molecule has 5 nitrogen and oxygen atoms in total. The van der Waals surface area contributed by atoms with E-state index in [0.29, 0.717) is 0 Å². The Hall–Kier alpha value is -2.11. The molecule has 0 saturated heterocycles. The molecule has 0 aliphatic rings. The van der Waals surface area contributed by atoms with Gasteiger partial charge in [0.15, 0.2) is 11.6 Å². The first-order chi connectivity index (χ1) is 8.97. The highest BCUT2D eigenvalue weighted by atomic mass is 19.1. The second-order valence-electron chi connectivity index (χ2n) is 4.00. The normalized spacial score (nSPS) is 11.7. The molecule has 6 heteroatoms. The molecule has 1 atom stereocenters. The van der Waals surface area contributed by atoms with E-state index in [2.05, 4.69) is 5.32 Å². The number of carboxylic acid groups (broad SMARTS) is 1. The summed E-state index contributed by atoms with van der Waals surface area (Å²) in [5.74, 6) is -3.03. The lowest BCUT2D eigenvalue weighted by molar-refractivity contribution is -0.140.